The smallest absolute Gasteiger partial charge is 0.336 e. The van der Waals surface area contributed by atoms with Gasteiger partial charge in [-0.25, -0.2) is 18.3 Å². The Labute approximate surface area is 165 Å². The van der Waals surface area contributed by atoms with Gasteiger partial charge in [-0.15, -0.1) is 5.10 Å². The Balaban J connectivity index is 1.76. The summed E-state index contributed by atoms with van der Waals surface area (Å²) in [5.41, 5.74) is 1.64. The molecular weight excluding hydrogens is 382 g/mol. The average Bonchev–Trinajstić information content (AvgIpc) is 3.17. The average molecular weight is 400 g/mol. The van der Waals surface area contributed by atoms with Gasteiger partial charge in [0.2, 0.25) is 5.91 Å². The molecule has 0 saturated carbocycles. The lowest BCUT2D eigenvalue weighted by Gasteiger charge is -2.12. The summed E-state index contributed by atoms with van der Waals surface area (Å²) >= 11 is 0. The fraction of sp³-hybridized carbons (Fsp3) is 0.200. The molecule has 7 nitrogen and oxygen atoms in total. The number of nitrogens with zero attached hydrogens (tertiary/aromatic N) is 3. The number of carboxylic acids is 1. The summed E-state index contributed by atoms with van der Waals surface area (Å²) < 4.78 is 28.2. The van der Waals surface area contributed by atoms with E-state index in [1.54, 1.807) is 19.1 Å². The van der Waals surface area contributed by atoms with Gasteiger partial charge in [-0.1, -0.05) is 16.8 Å². The largest absolute Gasteiger partial charge is 0.478 e. The molecule has 9 heteroatoms. The van der Waals surface area contributed by atoms with Crippen LogP contribution >= 0.6 is 0 Å². The van der Waals surface area contributed by atoms with Crippen molar-refractivity contribution in [3.8, 4) is 11.3 Å². The third-order valence-electron chi connectivity index (χ3n) is 4.43. The quantitative estimate of drug-likeness (QED) is 0.663. The molecule has 0 radical (unpaired) electrons. The SMILES string of the molecule is Cc1ccc(C(=O)O)c(-c2cn(C(C)C(=O)NCc3cc(F)ccc3F)nn2)c1. The Morgan fingerprint density at radius 1 is 1.21 bits per heavy atom. The number of benzene rings is 2. The normalized spacial score (nSPS) is 11.9. The van der Waals surface area contributed by atoms with Crippen molar-refractivity contribution in [1.29, 1.82) is 0 Å². The Hall–Kier alpha value is -3.62. The fourth-order valence-electron chi connectivity index (χ4n) is 2.77. The first kappa shape index (κ1) is 20.1. The van der Waals surface area contributed by atoms with Crippen molar-refractivity contribution in [3.63, 3.8) is 0 Å². The Bertz CT molecular complexity index is 1080. The Kier molecular flexibility index (Phi) is 5.67. The highest BCUT2D eigenvalue weighted by Crippen LogP contribution is 2.24. The molecule has 29 heavy (non-hydrogen) atoms. The summed E-state index contributed by atoms with van der Waals surface area (Å²) in [5, 5.41) is 19.8. The molecule has 1 amide bonds. The lowest BCUT2D eigenvalue weighted by Crippen LogP contribution is -2.31. The van der Waals surface area contributed by atoms with Crippen LogP contribution < -0.4 is 5.32 Å². The topological polar surface area (TPSA) is 97.1 Å². The van der Waals surface area contributed by atoms with Crippen molar-refractivity contribution in [1.82, 2.24) is 20.3 Å². The van der Waals surface area contributed by atoms with Crippen LogP contribution in [0.15, 0.2) is 42.6 Å². The number of rotatable bonds is 6. The molecule has 2 aromatic carbocycles. The molecule has 1 unspecified atom stereocenters. The van der Waals surface area contributed by atoms with E-state index in [9.17, 15) is 23.5 Å². The number of aryl methyl sites for hydroxylation is 1. The maximum absolute atomic E-state index is 13.7. The Morgan fingerprint density at radius 2 is 1.97 bits per heavy atom. The number of amides is 1. The van der Waals surface area contributed by atoms with Gasteiger partial charge in [0, 0.05) is 17.7 Å². The zero-order valence-electron chi connectivity index (χ0n) is 15.7. The van der Waals surface area contributed by atoms with Crippen LogP contribution in [0.25, 0.3) is 11.3 Å². The standard InChI is InChI=1S/C20H18F2N4O3/c1-11-3-5-15(20(28)29)16(7-11)18-10-26(25-24-18)12(2)19(27)23-9-13-8-14(21)4-6-17(13)22/h3-8,10,12H,9H2,1-2H3,(H,23,27)(H,28,29). The van der Waals surface area contributed by atoms with Crippen LogP contribution in [0.2, 0.25) is 0 Å². The highest BCUT2D eigenvalue weighted by atomic mass is 19.1. The van der Waals surface area contributed by atoms with Crippen molar-refractivity contribution in [3.05, 3.63) is 70.9 Å². The van der Waals surface area contributed by atoms with E-state index in [4.69, 9.17) is 0 Å². The number of halogens is 2. The van der Waals surface area contributed by atoms with Gasteiger partial charge in [0.05, 0.1) is 11.8 Å². The number of carboxylic acid groups (broad SMARTS) is 1. The van der Waals surface area contributed by atoms with Gasteiger partial charge in [-0.2, -0.15) is 0 Å². The van der Waals surface area contributed by atoms with E-state index in [1.165, 1.54) is 16.9 Å². The van der Waals surface area contributed by atoms with Crippen LogP contribution in [-0.4, -0.2) is 32.0 Å². The third kappa shape index (κ3) is 4.45. The van der Waals surface area contributed by atoms with Crippen LogP contribution in [-0.2, 0) is 11.3 Å². The van der Waals surface area contributed by atoms with E-state index >= 15 is 0 Å². The van der Waals surface area contributed by atoms with E-state index in [-0.39, 0.29) is 17.7 Å². The predicted molar refractivity (Wildman–Crippen MR) is 100 cm³/mol. The molecule has 1 aromatic heterocycles. The lowest BCUT2D eigenvalue weighted by molar-refractivity contribution is -0.124. The molecule has 0 aliphatic rings. The van der Waals surface area contributed by atoms with Crippen LogP contribution in [0.1, 0.15) is 34.5 Å². The van der Waals surface area contributed by atoms with Crippen molar-refractivity contribution in [2.45, 2.75) is 26.4 Å². The molecular formula is C20H18F2N4O3. The maximum Gasteiger partial charge on any atom is 0.336 e. The molecule has 1 heterocycles. The number of hydrogen-bond acceptors (Lipinski definition) is 4. The second kappa shape index (κ2) is 8.17. The molecule has 3 aromatic rings. The molecule has 0 spiro atoms. The summed E-state index contributed by atoms with van der Waals surface area (Å²) in [4.78, 5) is 23.8. The van der Waals surface area contributed by atoms with Crippen LogP contribution in [0.3, 0.4) is 0 Å². The van der Waals surface area contributed by atoms with Crippen molar-refractivity contribution < 1.29 is 23.5 Å². The molecule has 0 fully saturated rings. The van der Waals surface area contributed by atoms with Gasteiger partial charge < -0.3 is 10.4 Å². The van der Waals surface area contributed by atoms with Crippen molar-refractivity contribution in [2.24, 2.45) is 0 Å². The lowest BCUT2D eigenvalue weighted by atomic mass is 10.0. The van der Waals surface area contributed by atoms with E-state index < -0.39 is 29.6 Å². The summed E-state index contributed by atoms with van der Waals surface area (Å²) in [6, 6.07) is 7.04. The fourth-order valence-corrected chi connectivity index (χ4v) is 2.77. The molecule has 0 aliphatic carbocycles. The van der Waals surface area contributed by atoms with E-state index in [0.717, 1.165) is 23.8 Å². The number of carbonyl (C=O) groups excluding carboxylic acids is 1. The van der Waals surface area contributed by atoms with Gasteiger partial charge in [0.15, 0.2) is 0 Å². The zero-order chi connectivity index (χ0) is 21.1. The van der Waals surface area contributed by atoms with E-state index in [2.05, 4.69) is 15.6 Å². The first-order chi connectivity index (χ1) is 13.8. The molecule has 150 valence electrons. The van der Waals surface area contributed by atoms with Crippen LogP contribution in [0, 0.1) is 18.6 Å². The minimum absolute atomic E-state index is 0.0238. The van der Waals surface area contributed by atoms with Crippen LogP contribution in [0.5, 0.6) is 0 Å². The van der Waals surface area contributed by atoms with Crippen molar-refractivity contribution in [2.75, 3.05) is 0 Å². The minimum atomic E-state index is -1.10. The number of aromatic nitrogens is 3. The van der Waals surface area contributed by atoms with Crippen LogP contribution in [0.4, 0.5) is 8.78 Å². The van der Waals surface area contributed by atoms with Gasteiger partial charge in [0.1, 0.15) is 23.4 Å². The Morgan fingerprint density at radius 3 is 2.69 bits per heavy atom. The van der Waals surface area contributed by atoms with Crippen molar-refractivity contribution >= 4 is 11.9 Å². The van der Waals surface area contributed by atoms with Gasteiger partial charge in [0.25, 0.3) is 0 Å². The first-order valence-electron chi connectivity index (χ1n) is 8.74. The minimum Gasteiger partial charge on any atom is -0.478 e. The highest BCUT2D eigenvalue weighted by Gasteiger charge is 2.20. The maximum atomic E-state index is 13.7. The number of nitrogens with one attached hydrogen (secondary N) is 1. The zero-order valence-corrected chi connectivity index (χ0v) is 15.7. The van der Waals surface area contributed by atoms with E-state index in [1.807, 2.05) is 6.92 Å². The molecule has 3 rings (SSSR count). The monoisotopic (exact) mass is 400 g/mol. The van der Waals surface area contributed by atoms with Gasteiger partial charge in [-0.05, 0) is 44.2 Å². The summed E-state index contributed by atoms with van der Waals surface area (Å²) in [6.07, 6.45) is 1.47. The summed E-state index contributed by atoms with van der Waals surface area (Å²) in [6.45, 7) is 3.20. The second-order valence-corrected chi connectivity index (χ2v) is 6.57. The highest BCUT2D eigenvalue weighted by molar-refractivity contribution is 5.95. The van der Waals surface area contributed by atoms with Gasteiger partial charge >= 0.3 is 5.97 Å². The molecule has 0 bridgehead atoms. The summed E-state index contributed by atoms with van der Waals surface area (Å²) in [7, 11) is 0. The van der Waals surface area contributed by atoms with Gasteiger partial charge in [-0.3, -0.25) is 4.79 Å². The number of carbonyl (C=O) groups is 2. The predicted octanol–water partition coefficient (Wildman–Crippen LogP) is 3.11. The summed E-state index contributed by atoms with van der Waals surface area (Å²) in [5.74, 6) is -2.80. The molecule has 0 saturated heterocycles. The second-order valence-electron chi connectivity index (χ2n) is 6.57. The molecule has 2 N–H and O–H groups in total. The molecule has 1 atom stereocenters. The van der Waals surface area contributed by atoms with E-state index in [0.29, 0.717) is 11.3 Å². The first-order valence-corrected chi connectivity index (χ1v) is 8.74. The third-order valence-corrected chi connectivity index (χ3v) is 4.43. The number of aromatic carboxylic acids is 1. The number of hydrogen-bond donors (Lipinski definition) is 2. The molecule has 0 aliphatic heterocycles.